The van der Waals surface area contributed by atoms with Gasteiger partial charge in [0.1, 0.15) is 0 Å². The third-order valence-electron chi connectivity index (χ3n) is 14.8. The molecule has 0 fully saturated rings. The van der Waals surface area contributed by atoms with Gasteiger partial charge < -0.3 is 19.3 Å². The van der Waals surface area contributed by atoms with Gasteiger partial charge >= 0.3 is 23.9 Å². The molecule has 72 heavy (non-hydrogen) atoms. The quantitative estimate of drug-likeness (QED) is 0.0390. The SMILES string of the molecule is CCCCCCCCCCCCCCCCCCOC(=O)c1ccc(C(=O)O)c(C(=O)OCCCCCCCCCCCCCCCCCC)c1C(=O)OCCCCCCCCCCCCCCCCCC. The van der Waals surface area contributed by atoms with Crippen LogP contribution in [0, 0.1) is 0 Å². The van der Waals surface area contributed by atoms with Crippen LogP contribution in [0.3, 0.4) is 0 Å². The maximum Gasteiger partial charge on any atom is 0.339 e. The fraction of sp³-hybridized carbons (Fsp3) is 0.844. The second-order valence-corrected chi connectivity index (χ2v) is 21.5. The number of hydrogen-bond acceptors (Lipinski definition) is 7. The molecule has 0 atom stereocenters. The maximum absolute atomic E-state index is 13.9. The molecule has 0 radical (unpaired) electrons. The van der Waals surface area contributed by atoms with Gasteiger partial charge in [-0.25, -0.2) is 19.2 Å². The summed E-state index contributed by atoms with van der Waals surface area (Å²) in [6.45, 7) is 7.17. The number of hydrogen-bond donors (Lipinski definition) is 1. The van der Waals surface area contributed by atoms with Crippen LogP contribution >= 0.6 is 0 Å². The van der Waals surface area contributed by atoms with Gasteiger partial charge in [-0.3, -0.25) is 0 Å². The summed E-state index contributed by atoms with van der Waals surface area (Å²) in [5.74, 6) is -3.99. The van der Waals surface area contributed by atoms with Gasteiger partial charge in [0.2, 0.25) is 0 Å². The molecular formula is C64H114O8. The normalized spacial score (nSPS) is 11.3. The van der Waals surface area contributed by atoms with Crippen molar-refractivity contribution in [3.63, 3.8) is 0 Å². The first-order valence-corrected chi connectivity index (χ1v) is 31.3. The highest BCUT2D eigenvalue weighted by atomic mass is 16.5. The lowest BCUT2D eigenvalue weighted by atomic mass is 9.95. The molecule has 0 saturated carbocycles. The lowest BCUT2D eigenvalue weighted by Crippen LogP contribution is -2.23. The molecule has 0 spiro atoms. The average Bonchev–Trinajstić information content (AvgIpc) is 3.38. The molecule has 8 nitrogen and oxygen atoms in total. The molecule has 1 rings (SSSR count). The molecule has 0 aliphatic carbocycles. The number of ether oxygens (including phenoxy) is 3. The minimum absolute atomic E-state index is 0.0952. The first-order chi connectivity index (χ1) is 35.4. The molecule has 0 heterocycles. The summed E-state index contributed by atoms with van der Waals surface area (Å²) in [6, 6.07) is 2.47. The Morgan fingerprint density at radius 3 is 0.681 bits per heavy atom. The Morgan fingerprint density at radius 2 is 0.458 bits per heavy atom. The molecule has 0 aliphatic heterocycles. The second kappa shape index (κ2) is 51.6. The van der Waals surface area contributed by atoms with Crippen molar-refractivity contribution in [2.24, 2.45) is 0 Å². The highest BCUT2D eigenvalue weighted by Crippen LogP contribution is 2.25. The highest BCUT2D eigenvalue weighted by molar-refractivity contribution is 6.14. The highest BCUT2D eigenvalue weighted by Gasteiger charge is 2.32. The fourth-order valence-electron chi connectivity index (χ4n) is 10.0. The van der Waals surface area contributed by atoms with Crippen LogP contribution in [0.25, 0.3) is 0 Å². The lowest BCUT2D eigenvalue weighted by Gasteiger charge is -2.16. The van der Waals surface area contributed by atoms with E-state index in [1.807, 2.05) is 0 Å². The van der Waals surface area contributed by atoms with Crippen molar-refractivity contribution in [1.29, 1.82) is 0 Å². The summed E-state index contributed by atoms with van der Waals surface area (Å²) in [4.78, 5) is 53.7. The van der Waals surface area contributed by atoms with E-state index in [4.69, 9.17) is 14.2 Å². The zero-order chi connectivity index (χ0) is 52.2. The molecule has 0 saturated heterocycles. The third kappa shape index (κ3) is 38.6. The van der Waals surface area contributed by atoms with E-state index in [1.54, 1.807) is 0 Å². The first kappa shape index (κ1) is 67.1. The van der Waals surface area contributed by atoms with Crippen molar-refractivity contribution in [2.45, 2.75) is 329 Å². The first-order valence-electron chi connectivity index (χ1n) is 31.3. The summed E-state index contributed by atoms with van der Waals surface area (Å²) >= 11 is 0. The van der Waals surface area contributed by atoms with Crippen molar-refractivity contribution in [1.82, 2.24) is 0 Å². The zero-order valence-electron chi connectivity index (χ0n) is 47.5. The molecule has 8 heteroatoms. The molecule has 418 valence electrons. The second-order valence-electron chi connectivity index (χ2n) is 21.5. The number of carbonyl (C=O) groups excluding carboxylic acids is 3. The topological polar surface area (TPSA) is 116 Å². The van der Waals surface area contributed by atoms with Crippen LogP contribution in [0.5, 0.6) is 0 Å². The van der Waals surface area contributed by atoms with Crippen LogP contribution in [0.15, 0.2) is 12.1 Å². The van der Waals surface area contributed by atoms with E-state index < -0.39 is 35.0 Å². The number of esters is 3. The van der Waals surface area contributed by atoms with Crippen molar-refractivity contribution >= 4 is 23.9 Å². The van der Waals surface area contributed by atoms with Crippen LogP contribution in [0.1, 0.15) is 370 Å². The Labute approximate surface area is 443 Å². The number of carboxylic acid groups (broad SMARTS) is 1. The van der Waals surface area contributed by atoms with Gasteiger partial charge in [-0.2, -0.15) is 0 Å². The van der Waals surface area contributed by atoms with Crippen molar-refractivity contribution in [3.8, 4) is 0 Å². The number of aromatic carboxylic acids is 1. The number of unbranched alkanes of at least 4 members (excludes halogenated alkanes) is 45. The minimum atomic E-state index is -1.38. The molecule has 0 amide bonds. The number of rotatable bonds is 55. The van der Waals surface area contributed by atoms with Gasteiger partial charge in [-0.1, -0.05) is 310 Å². The zero-order valence-corrected chi connectivity index (χ0v) is 47.5. The minimum Gasteiger partial charge on any atom is -0.478 e. The van der Waals surface area contributed by atoms with E-state index in [0.717, 1.165) is 57.8 Å². The standard InChI is InChI=1S/C64H114O8/c1-4-7-10-13-16-19-22-25-28-31-34-37-40-43-46-49-54-70-62(67)58-53-52-57(61(65)66)59(63(68)71-55-50-47-44-41-38-35-32-29-26-23-20-17-14-11-8-5-2)60(58)64(69)72-56-51-48-45-42-39-36-33-30-27-24-21-18-15-12-9-6-3/h52-53H,4-51,54-56H2,1-3H3,(H,65,66). The molecule has 1 aromatic carbocycles. The predicted molar refractivity (Wildman–Crippen MR) is 303 cm³/mol. The largest absolute Gasteiger partial charge is 0.478 e. The van der Waals surface area contributed by atoms with Crippen LogP contribution in [0.2, 0.25) is 0 Å². The Balaban J connectivity index is 2.64. The Bertz CT molecular complexity index is 1420. The van der Waals surface area contributed by atoms with Gasteiger partial charge in [0, 0.05) is 0 Å². The van der Waals surface area contributed by atoms with E-state index in [-0.39, 0.29) is 30.9 Å². The Kier molecular flexibility index (Phi) is 48.1. The summed E-state index contributed by atoms with van der Waals surface area (Å²) in [6.07, 6.45) is 59.1. The lowest BCUT2D eigenvalue weighted by molar-refractivity contribution is 0.0426. The van der Waals surface area contributed by atoms with Gasteiger partial charge in [0.25, 0.3) is 0 Å². The fourth-order valence-corrected chi connectivity index (χ4v) is 10.0. The average molecular weight is 1010 g/mol. The van der Waals surface area contributed by atoms with Gasteiger partial charge in [-0.15, -0.1) is 0 Å². The number of carbonyl (C=O) groups is 4. The van der Waals surface area contributed by atoms with Crippen molar-refractivity contribution in [3.05, 3.63) is 34.4 Å². The smallest absolute Gasteiger partial charge is 0.339 e. The van der Waals surface area contributed by atoms with Crippen LogP contribution in [-0.4, -0.2) is 48.8 Å². The molecular weight excluding hydrogens is 897 g/mol. The number of benzene rings is 1. The van der Waals surface area contributed by atoms with E-state index in [1.165, 1.54) is 243 Å². The summed E-state index contributed by atoms with van der Waals surface area (Å²) in [5.41, 5.74) is -1.37. The summed E-state index contributed by atoms with van der Waals surface area (Å²) < 4.78 is 17.0. The van der Waals surface area contributed by atoms with Crippen LogP contribution in [0.4, 0.5) is 0 Å². The van der Waals surface area contributed by atoms with Crippen molar-refractivity contribution < 1.29 is 38.5 Å². The molecule has 1 aromatic rings. The van der Waals surface area contributed by atoms with Crippen LogP contribution < -0.4 is 0 Å². The summed E-state index contributed by atoms with van der Waals surface area (Å²) in [7, 11) is 0. The van der Waals surface area contributed by atoms with E-state index >= 15 is 0 Å². The number of carboxylic acids is 1. The van der Waals surface area contributed by atoms with Gasteiger partial charge in [0.15, 0.2) is 0 Å². The molecule has 0 bridgehead atoms. The van der Waals surface area contributed by atoms with Crippen molar-refractivity contribution in [2.75, 3.05) is 19.8 Å². The third-order valence-corrected chi connectivity index (χ3v) is 14.8. The maximum atomic E-state index is 13.9. The Hall–Kier alpha value is -2.90. The monoisotopic (exact) mass is 1010 g/mol. The Morgan fingerprint density at radius 1 is 0.278 bits per heavy atom. The molecule has 0 aromatic heterocycles. The molecule has 0 aliphatic rings. The van der Waals surface area contributed by atoms with Crippen LogP contribution in [-0.2, 0) is 14.2 Å². The van der Waals surface area contributed by atoms with Gasteiger partial charge in [0.05, 0.1) is 42.1 Å². The summed E-state index contributed by atoms with van der Waals surface area (Å²) in [5, 5.41) is 10.2. The van der Waals surface area contributed by atoms with E-state index in [0.29, 0.717) is 19.3 Å². The van der Waals surface area contributed by atoms with E-state index in [9.17, 15) is 24.3 Å². The van der Waals surface area contributed by atoms with Gasteiger partial charge in [-0.05, 0) is 31.4 Å². The van der Waals surface area contributed by atoms with E-state index in [2.05, 4.69) is 20.8 Å². The molecule has 1 N–H and O–H groups in total. The predicted octanol–water partition coefficient (Wildman–Crippen LogP) is 20.6. The molecule has 0 unspecified atom stereocenters.